The summed E-state index contributed by atoms with van der Waals surface area (Å²) in [7, 11) is 0. The van der Waals surface area contributed by atoms with Gasteiger partial charge in [0.15, 0.2) is 6.10 Å². The fourth-order valence-corrected chi connectivity index (χ4v) is 3.05. The lowest BCUT2D eigenvalue weighted by atomic mass is 10.1. The quantitative estimate of drug-likeness (QED) is 0.105. The fraction of sp³-hybridized carbons (Fsp3) is 0.500. The van der Waals surface area contributed by atoms with Crippen LogP contribution in [0, 0.1) is 10.1 Å². The van der Waals surface area contributed by atoms with E-state index in [-0.39, 0.29) is 26.3 Å². The summed E-state index contributed by atoms with van der Waals surface area (Å²) in [5, 5.41) is 47.4. The minimum atomic E-state index is -1.78. The molecule has 0 aliphatic carbocycles. The molecule has 1 rings (SSSR count). The topological polar surface area (TPSA) is 217 Å². The molecule has 4 N–H and O–H groups in total. The van der Waals surface area contributed by atoms with Crippen molar-refractivity contribution < 1.29 is 54.0 Å². The second kappa shape index (κ2) is 15.3. The molecule has 0 aliphatic rings. The van der Waals surface area contributed by atoms with Crippen molar-refractivity contribution in [2.24, 2.45) is 0 Å². The molecule has 1 aromatic carbocycles. The van der Waals surface area contributed by atoms with Crippen molar-refractivity contribution in [2.45, 2.75) is 12.3 Å². The van der Waals surface area contributed by atoms with Crippen LogP contribution in [-0.2, 0) is 28.7 Å². The SMILES string of the molecule is O=C(O)CN(CCOC(c1ccccc1)C(OCCN(CC(=O)O)CC(=O)O)[N+](=O)[O-])CC(=O)O. The summed E-state index contributed by atoms with van der Waals surface area (Å²) in [5.41, 5.74) is 0.352. The number of benzene rings is 1. The number of nitro groups is 1. The number of hydrogen-bond acceptors (Lipinski definition) is 10. The van der Waals surface area contributed by atoms with Crippen LogP contribution in [0.1, 0.15) is 11.7 Å². The van der Waals surface area contributed by atoms with Gasteiger partial charge >= 0.3 is 30.1 Å². The molecular formula is C20H27N3O12. The van der Waals surface area contributed by atoms with E-state index in [0.717, 1.165) is 9.80 Å². The van der Waals surface area contributed by atoms with Gasteiger partial charge in [0, 0.05) is 13.1 Å². The molecular weight excluding hydrogens is 474 g/mol. The second-order valence-corrected chi connectivity index (χ2v) is 7.25. The number of ether oxygens (including phenoxy) is 2. The smallest absolute Gasteiger partial charge is 0.345 e. The lowest BCUT2D eigenvalue weighted by molar-refractivity contribution is -0.591. The molecule has 35 heavy (non-hydrogen) atoms. The van der Waals surface area contributed by atoms with E-state index in [4.69, 9.17) is 29.9 Å². The van der Waals surface area contributed by atoms with Gasteiger partial charge in [-0.25, -0.2) is 0 Å². The number of nitrogens with zero attached hydrogens (tertiary/aromatic N) is 3. The first kappa shape index (κ1) is 29.4. The van der Waals surface area contributed by atoms with Crippen molar-refractivity contribution in [1.29, 1.82) is 0 Å². The van der Waals surface area contributed by atoms with E-state index >= 15 is 0 Å². The van der Waals surface area contributed by atoms with Gasteiger partial charge in [-0.3, -0.25) is 39.1 Å². The van der Waals surface area contributed by atoms with Gasteiger partial charge in [0.2, 0.25) is 0 Å². The summed E-state index contributed by atoms with van der Waals surface area (Å²) in [5.74, 6) is -5.08. The van der Waals surface area contributed by atoms with Crippen molar-refractivity contribution in [3.63, 3.8) is 0 Å². The number of carboxylic acids is 4. The Hall–Kier alpha value is -3.66. The van der Waals surface area contributed by atoms with E-state index in [2.05, 4.69) is 0 Å². The van der Waals surface area contributed by atoms with Gasteiger partial charge in [-0.15, -0.1) is 0 Å². The Kier molecular flexibility index (Phi) is 12.8. The van der Waals surface area contributed by atoms with Gasteiger partial charge in [0.25, 0.3) is 0 Å². The third kappa shape index (κ3) is 12.4. The predicted molar refractivity (Wildman–Crippen MR) is 115 cm³/mol. The summed E-state index contributed by atoms with van der Waals surface area (Å²) in [6, 6.07) is 7.95. The molecule has 0 bridgehead atoms. The first-order chi connectivity index (χ1) is 16.5. The van der Waals surface area contributed by atoms with E-state index in [1.54, 1.807) is 18.2 Å². The van der Waals surface area contributed by atoms with Crippen LogP contribution in [0.2, 0.25) is 0 Å². The predicted octanol–water partition coefficient (Wildman–Crippen LogP) is -0.694. The van der Waals surface area contributed by atoms with Crippen LogP contribution >= 0.6 is 0 Å². The summed E-state index contributed by atoms with van der Waals surface area (Å²) >= 11 is 0. The van der Waals surface area contributed by atoms with Crippen LogP contribution in [0.15, 0.2) is 30.3 Å². The zero-order valence-corrected chi connectivity index (χ0v) is 18.6. The highest BCUT2D eigenvalue weighted by Gasteiger charge is 2.35. The average molecular weight is 501 g/mol. The van der Waals surface area contributed by atoms with Gasteiger partial charge in [-0.2, -0.15) is 0 Å². The molecule has 0 saturated heterocycles. The van der Waals surface area contributed by atoms with Crippen molar-refractivity contribution >= 4 is 23.9 Å². The molecule has 2 unspecified atom stereocenters. The Labute approximate surface area is 199 Å². The largest absolute Gasteiger partial charge is 0.480 e. The molecule has 0 aliphatic heterocycles. The lowest BCUT2D eigenvalue weighted by Gasteiger charge is -2.25. The first-order valence-corrected chi connectivity index (χ1v) is 10.2. The van der Waals surface area contributed by atoms with Crippen LogP contribution in [0.25, 0.3) is 0 Å². The normalized spacial score (nSPS) is 12.9. The Balaban J connectivity index is 2.93. The van der Waals surface area contributed by atoms with Crippen molar-refractivity contribution in [3.05, 3.63) is 46.0 Å². The summed E-state index contributed by atoms with van der Waals surface area (Å²) < 4.78 is 11.0. The zero-order valence-electron chi connectivity index (χ0n) is 18.6. The average Bonchev–Trinajstić information content (AvgIpc) is 2.73. The molecule has 0 amide bonds. The number of carbonyl (C=O) groups is 4. The standard InChI is InChI=1S/C20H27N3O12/c24-15(25)10-21(11-16(26)27)6-8-34-19(14-4-2-1-3-5-14)20(23(32)33)35-9-7-22(12-17(28)29)13-18(30)31/h1-5,19-20H,6-13H2,(H,24,25)(H,26,27)(H,28,29)(H,30,31). The van der Waals surface area contributed by atoms with Gasteiger partial charge in [-0.05, 0) is 5.56 Å². The van der Waals surface area contributed by atoms with Gasteiger partial charge < -0.3 is 29.9 Å². The Morgan fingerprint density at radius 2 is 1.17 bits per heavy atom. The monoisotopic (exact) mass is 501 g/mol. The third-order valence-electron chi connectivity index (χ3n) is 4.43. The van der Waals surface area contributed by atoms with Gasteiger partial charge in [-0.1, -0.05) is 30.3 Å². The molecule has 1 aromatic rings. The lowest BCUT2D eigenvalue weighted by Crippen LogP contribution is -2.40. The minimum absolute atomic E-state index is 0.155. The van der Waals surface area contributed by atoms with E-state index in [1.165, 1.54) is 12.1 Å². The molecule has 15 heteroatoms. The number of hydrogen-bond donors (Lipinski definition) is 4. The van der Waals surface area contributed by atoms with Crippen LogP contribution in [-0.4, -0.2) is 118 Å². The van der Waals surface area contributed by atoms with Crippen LogP contribution in [0.3, 0.4) is 0 Å². The van der Waals surface area contributed by atoms with Crippen molar-refractivity contribution in [2.75, 3.05) is 52.5 Å². The Bertz CT molecular complexity index is 834. The maximum Gasteiger partial charge on any atom is 0.345 e. The number of carboxylic acid groups (broad SMARTS) is 4. The minimum Gasteiger partial charge on any atom is -0.480 e. The molecule has 0 spiro atoms. The zero-order chi connectivity index (χ0) is 26.4. The van der Waals surface area contributed by atoms with E-state index in [1.807, 2.05) is 0 Å². The second-order valence-electron chi connectivity index (χ2n) is 7.25. The molecule has 0 radical (unpaired) electrons. The highest BCUT2D eigenvalue weighted by Crippen LogP contribution is 2.24. The third-order valence-corrected chi connectivity index (χ3v) is 4.43. The molecule has 0 fully saturated rings. The van der Waals surface area contributed by atoms with E-state index in [0.29, 0.717) is 5.56 Å². The maximum absolute atomic E-state index is 11.8. The van der Waals surface area contributed by atoms with Crippen LogP contribution < -0.4 is 0 Å². The molecule has 0 heterocycles. The van der Waals surface area contributed by atoms with Crippen molar-refractivity contribution in [1.82, 2.24) is 9.80 Å². The van der Waals surface area contributed by atoms with Crippen LogP contribution in [0.4, 0.5) is 0 Å². The number of rotatable bonds is 19. The molecule has 0 saturated carbocycles. The van der Waals surface area contributed by atoms with Crippen molar-refractivity contribution in [3.8, 4) is 0 Å². The summed E-state index contributed by atoms with van der Waals surface area (Å²) in [4.78, 5) is 56.8. The van der Waals surface area contributed by atoms with Crippen LogP contribution in [0.5, 0.6) is 0 Å². The molecule has 194 valence electrons. The Morgan fingerprint density at radius 3 is 1.54 bits per heavy atom. The van der Waals surface area contributed by atoms with E-state index < -0.39 is 67.3 Å². The fourth-order valence-electron chi connectivity index (χ4n) is 3.05. The summed E-state index contributed by atoms with van der Waals surface area (Å²) in [6.45, 7) is -3.41. The molecule has 0 aromatic heterocycles. The highest BCUT2D eigenvalue weighted by molar-refractivity contribution is 5.73. The summed E-state index contributed by atoms with van der Waals surface area (Å²) in [6.07, 6.45) is -3.06. The molecule has 15 nitrogen and oxygen atoms in total. The number of aliphatic carboxylic acids is 4. The first-order valence-electron chi connectivity index (χ1n) is 10.2. The van der Waals surface area contributed by atoms with Gasteiger partial charge in [0.1, 0.15) is 0 Å². The van der Waals surface area contributed by atoms with Gasteiger partial charge in [0.05, 0.1) is 44.3 Å². The molecule has 2 atom stereocenters. The van der Waals surface area contributed by atoms with E-state index in [9.17, 15) is 29.3 Å². The highest BCUT2D eigenvalue weighted by atomic mass is 16.7. The Morgan fingerprint density at radius 1 is 0.771 bits per heavy atom. The maximum atomic E-state index is 11.8.